The highest BCUT2D eigenvalue weighted by Crippen LogP contribution is 2.29. The molecule has 0 heterocycles. The summed E-state index contributed by atoms with van der Waals surface area (Å²) in [6.45, 7) is 2.12. The zero-order chi connectivity index (χ0) is 22.5. The van der Waals surface area contributed by atoms with Crippen LogP contribution in [0.3, 0.4) is 0 Å². The summed E-state index contributed by atoms with van der Waals surface area (Å²) in [7, 11) is 0. The van der Waals surface area contributed by atoms with Crippen molar-refractivity contribution in [3.63, 3.8) is 0 Å². The number of thioether (sulfide) groups is 1. The summed E-state index contributed by atoms with van der Waals surface area (Å²) in [5, 5.41) is 11.5. The zero-order valence-corrected chi connectivity index (χ0v) is 17.7. The van der Waals surface area contributed by atoms with Crippen molar-refractivity contribution >= 4 is 23.6 Å². The van der Waals surface area contributed by atoms with Crippen LogP contribution in [0.1, 0.15) is 58.3 Å². The van der Waals surface area contributed by atoms with Crippen LogP contribution in [0, 0.1) is 23.3 Å². The number of allylic oxidation sites excluding steroid dienone is 1. The molecule has 168 valence electrons. The van der Waals surface area contributed by atoms with Crippen molar-refractivity contribution in [1.29, 1.82) is 0 Å². The number of hydrogen-bond acceptors (Lipinski definition) is 3. The van der Waals surface area contributed by atoms with Crippen LogP contribution in [0.4, 0.5) is 17.6 Å². The number of aliphatic carboxylic acids is 1. The Kier molecular flexibility index (Phi) is 12.2. The van der Waals surface area contributed by atoms with Gasteiger partial charge in [0, 0.05) is 30.7 Å². The van der Waals surface area contributed by atoms with Crippen molar-refractivity contribution in [3.8, 4) is 0 Å². The summed E-state index contributed by atoms with van der Waals surface area (Å²) < 4.78 is 54.2. The predicted octanol–water partition coefficient (Wildman–Crippen LogP) is 5.60. The van der Waals surface area contributed by atoms with Crippen LogP contribution >= 0.6 is 11.8 Å². The maximum Gasteiger partial charge on any atom is 0.303 e. The number of carboxylic acids is 1. The second kappa shape index (κ2) is 14.1. The molecule has 0 aromatic heterocycles. The second-order valence-corrected chi connectivity index (χ2v) is 7.86. The molecule has 0 aliphatic heterocycles. The van der Waals surface area contributed by atoms with Crippen LogP contribution in [0.2, 0.25) is 0 Å². The largest absolute Gasteiger partial charge is 0.481 e. The van der Waals surface area contributed by atoms with Gasteiger partial charge in [-0.2, -0.15) is 0 Å². The summed E-state index contributed by atoms with van der Waals surface area (Å²) in [5.74, 6) is -7.70. The standard InChI is InChI=1S/C21H27F4NO3S/c1-2-3-4-5-6-7-8-9-17(27)26-14(10-11-18(28)29)13-30-21-19(24)15(22)12-16(23)20(21)25/h7-8,12,14H,2-6,9-11,13H2,1H3,(H,26,27)(H,28,29)/t14-/m0/s1. The van der Waals surface area contributed by atoms with Crippen LogP contribution in [-0.4, -0.2) is 28.8 Å². The van der Waals surface area contributed by atoms with E-state index < -0.39 is 40.2 Å². The van der Waals surface area contributed by atoms with Crippen molar-refractivity contribution in [3.05, 3.63) is 41.5 Å². The lowest BCUT2D eigenvalue weighted by Crippen LogP contribution is -2.36. The average Bonchev–Trinajstić information content (AvgIpc) is 2.69. The zero-order valence-electron chi connectivity index (χ0n) is 16.9. The Morgan fingerprint density at radius 3 is 2.37 bits per heavy atom. The van der Waals surface area contributed by atoms with Crippen LogP contribution in [0.5, 0.6) is 0 Å². The SMILES string of the molecule is CCCCCCC=CCC(=O)N[C@@H](CCC(=O)O)CSc1c(F)c(F)cc(F)c1F. The van der Waals surface area contributed by atoms with Gasteiger partial charge in [0.05, 0.1) is 4.90 Å². The van der Waals surface area contributed by atoms with Crippen molar-refractivity contribution in [2.24, 2.45) is 0 Å². The number of rotatable bonds is 14. The third-order valence-corrected chi connectivity index (χ3v) is 5.48. The summed E-state index contributed by atoms with van der Waals surface area (Å²) in [5.41, 5.74) is 0. The first-order chi connectivity index (χ1) is 14.3. The van der Waals surface area contributed by atoms with Crippen molar-refractivity contribution < 1.29 is 32.3 Å². The lowest BCUT2D eigenvalue weighted by molar-refractivity contribution is -0.137. The van der Waals surface area contributed by atoms with E-state index in [0.29, 0.717) is 11.8 Å². The van der Waals surface area contributed by atoms with Gasteiger partial charge in [0.2, 0.25) is 5.91 Å². The smallest absolute Gasteiger partial charge is 0.303 e. The van der Waals surface area contributed by atoms with Gasteiger partial charge in [0.25, 0.3) is 0 Å². The normalized spacial score (nSPS) is 12.3. The molecule has 9 heteroatoms. The second-order valence-electron chi connectivity index (χ2n) is 6.83. The quantitative estimate of drug-likeness (QED) is 0.128. The van der Waals surface area contributed by atoms with Gasteiger partial charge in [-0.3, -0.25) is 9.59 Å². The monoisotopic (exact) mass is 449 g/mol. The van der Waals surface area contributed by atoms with Gasteiger partial charge in [-0.1, -0.05) is 38.3 Å². The number of nitrogens with one attached hydrogen (secondary N) is 1. The molecule has 0 unspecified atom stereocenters. The van der Waals surface area contributed by atoms with E-state index in [9.17, 15) is 27.2 Å². The minimum Gasteiger partial charge on any atom is -0.481 e. The molecule has 0 aliphatic rings. The van der Waals surface area contributed by atoms with Crippen LogP contribution < -0.4 is 5.32 Å². The molecule has 0 spiro atoms. The fraction of sp³-hybridized carbons (Fsp3) is 0.524. The molecule has 0 saturated carbocycles. The molecule has 1 rings (SSSR count). The Morgan fingerprint density at radius 1 is 1.10 bits per heavy atom. The van der Waals surface area contributed by atoms with Crippen LogP contribution in [0.25, 0.3) is 0 Å². The highest BCUT2D eigenvalue weighted by atomic mass is 32.2. The van der Waals surface area contributed by atoms with Gasteiger partial charge in [-0.25, -0.2) is 17.6 Å². The minimum absolute atomic E-state index is 0.00976. The molecule has 0 radical (unpaired) electrons. The van der Waals surface area contributed by atoms with Crippen LogP contribution in [0.15, 0.2) is 23.1 Å². The molecule has 0 aliphatic carbocycles. The maximum absolute atomic E-state index is 13.8. The highest BCUT2D eigenvalue weighted by molar-refractivity contribution is 7.99. The van der Waals surface area contributed by atoms with E-state index in [-0.39, 0.29) is 37.0 Å². The summed E-state index contributed by atoms with van der Waals surface area (Å²) in [4.78, 5) is 22.1. The van der Waals surface area contributed by atoms with Gasteiger partial charge in [-0.15, -0.1) is 11.8 Å². The van der Waals surface area contributed by atoms with Gasteiger partial charge in [0.15, 0.2) is 23.3 Å². The number of carbonyl (C=O) groups is 2. The molecule has 0 saturated heterocycles. The van der Waals surface area contributed by atoms with Gasteiger partial charge in [-0.05, 0) is 19.3 Å². The molecule has 0 fully saturated rings. The van der Waals surface area contributed by atoms with Crippen molar-refractivity contribution in [2.45, 2.75) is 69.2 Å². The summed E-state index contributed by atoms with van der Waals surface area (Å²) in [6, 6.07) is -0.616. The molecule has 1 aromatic rings. The summed E-state index contributed by atoms with van der Waals surface area (Å²) in [6.07, 6.45) is 8.73. The van der Waals surface area contributed by atoms with Gasteiger partial charge >= 0.3 is 5.97 Å². The Bertz CT molecular complexity index is 717. The molecular formula is C21H27F4NO3S. The van der Waals surface area contributed by atoms with E-state index in [1.165, 1.54) is 0 Å². The topological polar surface area (TPSA) is 66.4 Å². The lowest BCUT2D eigenvalue weighted by atomic mass is 10.1. The van der Waals surface area contributed by atoms with E-state index in [2.05, 4.69) is 12.2 Å². The molecule has 1 atom stereocenters. The number of carbonyl (C=O) groups excluding carboxylic acids is 1. The van der Waals surface area contributed by atoms with E-state index in [1.807, 2.05) is 6.08 Å². The average molecular weight is 450 g/mol. The molecule has 1 amide bonds. The van der Waals surface area contributed by atoms with E-state index in [4.69, 9.17) is 5.11 Å². The first-order valence-corrected chi connectivity index (χ1v) is 10.9. The van der Waals surface area contributed by atoms with E-state index >= 15 is 0 Å². The number of hydrogen-bond donors (Lipinski definition) is 2. The first-order valence-electron chi connectivity index (χ1n) is 9.88. The number of unbranched alkanes of at least 4 members (excludes halogenated alkanes) is 4. The van der Waals surface area contributed by atoms with E-state index in [0.717, 1.165) is 32.1 Å². The molecule has 2 N–H and O–H groups in total. The Hall–Kier alpha value is -2.03. The predicted molar refractivity (Wildman–Crippen MR) is 108 cm³/mol. The maximum atomic E-state index is 13.8. The van der Waals surface area contributed by atoms with Crippen molar-refractivity contribution in [2.75, 3.05) is 5.75 Å². The Balaban J connectivity index is 2.64. The Morgan fingerprint density at radius 2 is 1.77 bits per heavy atom. The first kappa shape index (κ1) is 26.0. The van der Waals surface area contributed by atoms with Crippen LogP contribution in [-0.2, 0) is 9.59 Å². The third-order valence-electron chi connectivity index (χ3n) is 4.27. The van der Waals surface area contributed by atoms with Gasteiger partial charge < -0.3 is 10.4 Å². The molecule has 0 bridgehead atoms. The number of benzene rings is 1. The third kappa shape index (κ3) is 9.65. The fourth-order valence-corrected chi connectivity index (χ4v) is 3.71. The van der Waals surface area contributed by atoms with Crippen molar-refractivity contribution in [1.82, 2.24) is 5.32 Å². The number of amides is 1. The number of halogens is 4. The highest BCUT2D eigenvalue weighted by Gasteiger charge is 2.22. The molecule has 1 aromatic carbocycles. The minimum atomic E-state index is -1.52. The molecular weight excluding hydrogens is 422 g/mol. The molecule has 4 nitrogen and oxygen atoms in total. The number of carboxylic acid groups (broad SMARTS) is 1. The Labute approximate surface area is 178 Å². The van der Waals surface area contributed by atoms with Gasteiger partial charge in [0.1, 0.15) is 0 Å². The fourth-order valence-electron chi connectivity index (χ4n) is 2.64. The van der Waals surface area contributed by atoms with E-state index in [1.54, 1.807) is 6.08 Å². The lowest BCUT2D eigenvalue weighted by Gasteiger charge is -2.18. The molecule has 30 heavy (non-hydrogen) atoms. The summed E-state index contributed by atoms with van der Waals surface area (Å²) >= 11 is 0.488.